The van der Waals surface area contributed by atoms with Crippen LogP contribution in [0.3, 0.4) is 0 Å². The van der Waals surface area contributed by atoms with Gasteiger partial charge in [-0.05, 0) is 114 Å². The summed E-state index contributed by atoms with van der Waals surface area (Å²) in [4.78, 5) is 15.4. The third-order valence-electron chi connectivity index (χ3n) is 12.9. The van der Waals surface area contributed by atoms with Gasteiger partial charge in [-0.2, -0.15) is 0 Å². The molecule has 61 heavy (non-hydrogen) atoms. The number of aromatic nitrogens is 6. The number of imidazole rings is 4. The van der Waals surface area contributed by atoms with Gasteiger partial charge in [-0.3, -0.25) is 17.9 Å². The lowest BCUT2D eigenvalue weighted by Gasteiger charge is -2.45. The van der Waals surface area contributed by atoms with E-state index >= 15 is 0 Å². The van der Waals surface area contributed by atoms with Crippen LogP contribution in [0.25, 0.3) is 67.1 Å². The minimum Gasteiger partial charge on any atom is -0.278 e. The normalized spacial score (nSPS) is 15.0. The first kappa shape index (κ1) is 31.0. The molecule has 0 saturated heterocycles. The molecule has 1 spiro atoms. The molecule has 0 saturated carbocycles. The first-order valence-electron chi connectivity index (χ1n) is 21.9. The maximum atomic E-state index is 8.59. The van der Waals surface area contributed by atoms with Crippen molar-refractivity contribution in [2.24, 2.45) is 0 Å². The van der Waals surface area contributed by atoms with Gasteiger partial charge in [0.2, 0.25) is 11.6 Å². The third kappa shape index (κ3) is 4.25. The summed E-state index contributed by atoms with van der Waals surface area (Å²) < 4.78 is 34.7. The van der Waals surface area contributed by atoms with Crippen molar-refractivity contribution >= 4 is 79.2 Å². The molecule has 8 aromatic carbocycles. The molecule has 4 aromatic heterocycles. The van der Waals surface area contributed by atoms with Gasteiger partial charge in [0.25, 0.3) is 0 Å². The molecule has 0 atom stereocenters. The molecule has 0 radical (unpaired) electrons. The zero-order valence-corrected chi connectivity index (χ0v) is 34.3. The van der Waals surface area contributed by atoms with Crippen molar-refractivity contribution in [3.05, 3.63) is 203 Å². The molecule has 12 aromatic rings. The van der Waals surface area contributed by atoms with E-state index in [1.807, 2.05) is 23.9 Å². The Morgan fingerprint density at radius 2 is 0.984 bits per heavy atom. The van der Waals surface area contributed by atoms with Gasteiger partial charge in [0.15, 0.2) is 0 Å². The number of rotatable bonds is 2. The van der Waals surface area contributed by atoms with Gasteiger partial charge in [-0.15, -0.1) is 0 Å². The van der Waals surface area contributed by atoms with Crippen molar-refractivity contribution in [2.75, 3.05) is 0 Å². The van der Waals surface area contributed by atoms with Crippen LogP contribution in [-0.4, -0.2) is 27.9 Å². The van der Waals surface area contributed by atoms with Crippen molar-refractivity contribution < 1.29 is 4.11 Å². The first-order valence-corrected chi connectivity index (χ1v) is 22.1. The van der Waals surface area contributed by atoms with Crippen molar-refractivity contribution in [3.63, 3.8) is 0 Å². The predicted molar refractivity (Wildman–Crippen MR) is 249 cm³/mol. The van der Waals surface area contributed by atoms with E-state index in [1.54, 1.807) is 17.8 Å². The molecule has 2 aliphatic rings. The zero-order valence-electron chi connectivity index (χ0n) is 35.7. The summed E-state index contributed by atoms with van der Waals surface area (Å²) in [7, 11) is 0. The largest absolute Gasteiger partial charge is 0.278 e. The molecule has 0 fully saturated rings. The van der Waals surface area contributed by atoms with E-state index in [2.05, 4.69) is 177 Å². The van der Waals surface area contributed by atoms with E-state index in [9.17, 15) is 0 Å². The molecule has 14 rings (SSSR count). The Hall–Kier alpha value is -7.00. The number of para-hydroxylation sites is 4. The highest BCUT2D eigenvalue weighted by molar-refractivity contribution is 8.00. The summed E-state index contributed by atoms with van der Waals surface area (Å²) in [6, 6.07) is 60.1. The lowest BCUT2D eigenvalue weighted by molar-refractivity contribution is 0.665. The van der Waals surface area contributed by atoms with Crippen molar-refractivity contribution in [3.8, 4) is 11.4 Å². The fraction of sp³-hybridized carbons (Fsp3) is 0.0566. The van der Waals surface area contributed by atoms with E-state index in [1.165, 1.54) is 36.9 Å². The smallest absolute Gasteiger partial charge is 0.220 e. The quantitative estimate of drug-likeness (QED) is 0.174. The lowest BCUT2D eigenvalue weighted by atomic mass is 9.64. The highest BCUT2D eigenvalue weighted by atomic mass is 32.2. The van der Waals surface area contributed by atoms with E-state index in [4.69, 9.17) is 14.1 Å². The minimum atomic E-state index is -2.36. The Bertz CT molecular complexity index is 3940. The molecule has 0 N–H and O–H groups in total. The summed E-state index contributed by atoms with van der Waals surface area (Å²) in [5.74, 6) is 1.47. The molecule has 2 aliphatic heterocycles. The second kappa shape index (κ2) is 12.1. The zero-order chi connectivity index (χ0) is 42.6. The summed E-state index contributed by atoms with van der Waals surface area (Å²) in [6.07, 6.45) is 0. The highest BCUT2D eigenvalue weighted by Gasteiger charge is 2.49. The molecule has 8 heteroatoms. The number of nitrogens with zero attached hydrogens (tertiary/aromatic N) is 6. The Balaban J connectivity index is 1.11. The lowest BCUT2D eigenvalue weighted by Crippen LogP contribution is -2.37. The SMILES string of the molecule is [2H]C([2H])([2H])c1cccc2c1nc1n(-c3cccc4c3Sc3ccccc3C43c4ccccc4Sc4ccccc43)c3ccc(-n4c5ccccc5n5c6cccc(C)c6nc45)cc3n21. The van der Waals surface area contributed by atoms with Crippen LogP contribution in [0.5, 0.6) is 0 Å². The number of hydrogen-bond acceptors (Lipinski definition) is 4. The van der Waals surface area contributed by atoms with E-state index < -0.39 is 12.3 Å². The van der Waals surface area contributed by atoms with Crippen LogP contribution in [0.15, 0.2) is 189 Å². The van der Waals surface area contributed by atoms with Crippen LogP contribution in [0.1, 0.15) is 37.5 Å². The topological polar surface area (TPSA) is 44.5 Å². The van der Waals surface area contributed by atoms with Gasteiger partial charge in [-0.25, -0.2) is 9.97 Å². The van der Waals surface area contributed by atoms with Crippen LogP contribution in [0.4, 0.5) is 0 Å². The molecular formula is C53H34N6S2. The number of fused-ring (bicyclic) bond motifs is 18. The second-order valence-corrected chi connectivity index (χ2v) is 18.2. The molecule has 288 valence electrons. The fourth-order valence-electron chi connectivity index (χ4n) is 10.5. The summed E-state index contributed by atoms with van der Waals surface area (Å²) in [6.45, 7) is -0.255. The highest BCUT2D eigenvalue weighted by Crippen LogP contribution is 2.62. The molecule has 0 bridgehead atoms. The summed E-state index contributed by atoms with van der Waals surface area (Å²) >= 11 is 3.63. The van der Waals surface area contributed by atoms with Gasteiger partial charge in [0, 0.05) is 23.7 Å². The molecule has 6 nitrogen and oxygen atoms in total. The third-order valence-corrected chi connectivity index (χ3v) is 15.3. The van der Waals surface area contributed by atoms with Crippen molar-refractivity contribution in [2.45, 2.75) is 38.8 Å². The Morgan fingerprint density at radius 3 is 1.69 bits per heavy atom. The van der Waals surface area contributed by atoms with E-state index in [0.29, 0.717) is 11.3 Å². The van der Waals surface area contributed by atoms with Gasteiger partial charge in [0.05, 0.1) is 60.9 Å². The average molecular weight is 822 g/mol. The Morgan fingerprint density at radius 1 is 0.459 bits per heavy atom. The first-order chi connectivity index (χ1) is 31.3. The average Bonchev–Trinajstić information content (AvgIpc) is 4.05. The Kier molecular flexibility index (Phi) is 6.12. The van der Waals surface area contributed by atoms with Crippen molar-refractivity contribution in [1.29, 1.82) is 0 Å². The monoisotopic (exact) mass is 821 g/mol. The van der Waals surface area contributed by atoms with Gasteiger partial charge >= 0.3 is 0 Å². The van der Waals surface area contributed by atoms with Crippen LogP contribution >= 0.6 is 23.5 Å². The van der Waals surface area contributed by atoms with Gasteiger partial charge in [0.1, 0.15) is 0 Å². The molecule has 0 unspecified atom stereocenters. The number of aryl methyl sites for hydroxylation is 2. The maximum absolute atomic E-state index is 8.59. The van der Waals surface area contributed by atoms with Crippen LogP contribution in [0.2, 0.25) is 0 Å². The van der Waals surface area contributed by atoms with Gasteiger partial charge < -0.3 is 0 Å². The summed E-state index contributed by atoms with van der Waals surface area (Å²) in [5.41, 5.74) is 14.8. The molecule has 0 amide bonds. The van der Waals surface area contributed by atoms with Crippen LogP contribution in [0, 0.1) is 13.8 Å². The standard InChI is InChI=1S/C53H34N6S2/c1-31-14-11-22-41-48(31)54-51-56(38-20-6-7-21-39(38)57(41)51)33-28-29-40-44(30-33)59-42-23-12-15-32(2)49(42)55-52(59)58(40)43-24-13-19-37-50(43)61-47-27-10-5-18-36(47)53(37)34-16-3-8-25-45(34)60-46-26-9-4-17-35(46)53/h3-30H,1-2H3/i2D3. The summed E-state index contributed by atoms with van der Waals surface area (Å²) in [5, 5.41) is 0. The van der Waals surface area contributed by atoms with Gasteiger partial charge in [-0.1, -0.05) is 127 Å². The predicted octanol–water partition coefficient (Wildman–Crippen LogP) is 13.1. The van der Waals surface area contributed by atoms with Crippen LogP contribution < -0.4 is 0 Å². The molecular weight excluding hydrogens is 785 g/mol. The van der Waals surface area contributed by atoms with Crippen LogP contribution in [-0.2, 0) is 5.41 Å². The second-order valence-electron chi connectivity index (χ2n) is 16.0. The fourth-order valence-corrected chi connectivity index (χ4v) is 12.9. The number of hydrogen-bond donors (Lipinski definition) is 0. The van der Waals surface area contributed by atoms with Crippen molar-refractivity contribution in [1.82, 2.24) is 27.9 Å². The minimum absolute atomic E-state index is 0.229. The van der Waals surface area contributed by atoms with E-state index in [0.717, 1.165) is 66.2 Å². The molecule has 0 aliphatic carbocycles. The Labute approximate surface area is 363 Å². The van der Waals surface area contributed by atoms with E-state index in [-0.39, 0.29) is 5.56 Å². The number of benzene rings is 8. The molecule has 6 heterocycles. The maximum Gasteiger partial charge on any atom is 0.220 e.